The smallest absolute Gasteiger partial charge is 0.290 e. The Kier molecular flexibility index (Phi) is 3.93. The van der Waals surface area contributed by atoms with Crippen LogP contribution in [0.2, 0.25) is 0 Å². The molecule has 88 valence electrons. The van der Waals surface area contributed by atoms with E-state index in [2.05, 4.69) is 5.16 Å². The molecule has 1 heterocycles. The van der Waals surface area contributed by atoms with Gasteiger partial charge in [0.15, 0.2) is 11.6 Å². The second-order valence-corrected chi connectivity index (χ2v) is 3.34. The summed E-state index contributed by atoms with van der Waals surface area (Å²) in [4.78, 5) is 13.4. The number of amides is 1. The number of hydrogen-bond donors (Lipinski definition) is 2. The Balaban J connectivity index is 2.82. The highest BCUT2D eigenvalue weighted by atomic mass is 16.4. The molecule has 0 aliphatic heterocycles. The van der Waals surface area contributed by atoms with E-state index in [1.807, 2.05) is 0 Å². The average Bonchev–Trinajstić information content (AvgIpc) is 2.71. The highest BCUT2D eigenvalue weighted by Gasteiger charge is 2.20. The van der Waals surface area contributed by atoms with E-state index in [9.17, 15) is 4.79 Å². The number of nitrogens with zero attached hydrogens (tertiary/aromatic N) is 2. The minimum absolute atomic E-state index is 0.0144. The molecule has 0 saturated heterocycles. The van der Waals surface area contributed by atoms with Gasteiger partial charge in [-0.05, 0) is 19.9 Å². The zero-order valence-electron chi connectivity index (χ0n) is 9.30. The number of furan rings is 1. The number of aryl methyl sites for hydroxylation is 1. The van der Waals surface area contributed by atoms with Crippen LogP contribution < -0.4 is 5.73 Å². The third-order valence-electron chi connectivity index (χ3n) is 2.21. The van der Waals surface area contributed by atoms with E-state index in [1.165, 1.54) is 11.2 Å². The number of carbonyl (C=O) groups excluding carboxylic acids is 1. The number of oxime groups is 1. The van der Waals surface area contributed by atoms with Gasteiger partial charge in [0.05, 0.1) is 12.8 Å². The lowest BCUT2D eigenvalue weighted by Crippen LogP contribution is -2.38. The summed E-state index contributed by atoms with van der Waals surface area (Å²) in [6.07, 6.45) is 1.46. The Labute approximate surface area is 93.3 Å². The van der Waals surface area contributed by atoms with E-state index in [-0.39, 0.29) is 24.0 Å². The Morgan fingerprint density at radius 1 is 1.69 bits per heavy atom. The standard InChI is InChI=1S/C10H15N3O3/c1-3-13(6-8(11)12-15)10(14)9-7(2)4-5-16-9/h4-5,15H,3,6H2,1-2H3,(H2,11,12). The number of nitrogens with two attached hydrogens (primary N) is 1. The van der Waals surface area contributed by atoms with Gasteiger partial charge in [0.25, 0.3) is 5.91 Å². The lowest BCUT2D eigenvalue weighted by atomic mass is 10.2. The fourth-order valence-corrected chi connectivity index (χ4v) is 1.29. The predicted molar refractivity (Wildman–Crippen MR) is 58.4 cm³/mol. The molecule has 0 fully saturated rings. The Morgan fingerprint density at radius 2 is 2.38 bits per heavy atom. The van der Waals surface area contributed by atoms with E-state index in [4.69, 9.17) is 15.4 Å². The first kappa shape index (κ1) is 12.1. The van der Waals surface area contributed by atoms with Gasteiger partial charge in [0, 0.05) is 12.1 Å². The Hall–Kier alpha value is -1.98. The van der Waals surface area contributed by atoms with Crippen molar-refractivity contribution in [2.75, 3.05) is 13.1 Å². The van der Waals surface area contributed by atoms with Crippen molar-refractivity contribution in [3.8, 4) is 0 Å². The number of likely N-dealkylation sites (N-methyl/N-ethyl adjacent to an activating group) is 1. The molecule has 0 aliphatic rings. The summed E-state index contributed by atoms with van der Waals surface area (Å²) in [5.41, 5.74) is 6.12. The first-order chi connectivity index (χ1) is 7.60. The zero-order valence-corrected chi connectivity index (χ0v) is 9.30. The maximum Gasteiger partial charge on any atom is 0.290 e. The molecule has 6 nitrogen and oxygen atoms in total. The van der Waals surface area contributed by atoms with E-state index in [1.54, 1.807) is 19.9 Å². The average molecular weight is 225 g/mol. The quantitative estimate of drug-likeness (QED) is 0.343. The van der Waals surface area contributed by atoms with Gasteiger partial charge in [-0.2, -0.15) is 0 Å². The van der Waals surface area contributed by atoms with Crippen LogP contribution in [-0.2, 0) is 0 Å². The van der Waals surface area contributed by atoms with Crippen molar-refractivity contribution in [2.24, 2.45) is 10.9 Å². The third-order valence-corrected chi connectivity index (χ3v) is 2.21. The van der Waals surface area contributed by atoms with Crippen molar-refractivity contribution in [1.82, 2.24) is 4.90 Å². The van der Waals surface area contributed by atoms with Gasteiger partial charge in [-0.15, -0.1) is 0 Å². The van der Waals surface area contributed by atoms with Crippen molar-refractivity contribution in [3.05, 3.63) is 23.7 Å². The molecule has 0 bridgehead atoms. The van der Waals surface area contributed by atoms with Gasteiger partial charge in [0.2, 0.25) is 0 Å². The van der Waals surface area contributed by atoms with Crippen molar-refractivity contribution < 1.29 is 14.4 Å². The van der Waals surface area contributed by atoms with Crippen LogP contribution in [0.15, 0.2) is 21.9 Å². The molecule has 0 atom stereocenters. The molecular weight excluding hydrogens is 210 g/mol. The number of rotatable bonds is 4. The van der Waals surface area contributed by atoms with E-state index in [0.29, 0.717) is 6.54 Å². The Bertz CT molecular complexity index is 398. The largest absolute Gasteiger partial charge is 0.459 e. The van der Waals surface area contributed by atoms with E-state index >= 15 is 0 Å². The molecule has 0 spiro atoms. The van der Waals surface area contributed by atoms with Crippen molar-refractivity contribution in [1.29, 1.82) is 0 Å². The van der Waals surface area contributed by atoms with Gasteiger partial charge in [-0.1, -0.05) is 5.16 Å². The minimum Gasteiger partial charge on any atom is -0.459 e. The molecule has 0 aromatic carbocycles. The number of hydrogen-bond acceptors (Lipinski definition) is 4. The van der Waals surface area contributed by atoms with Crippen molar-refractivity contribution >= 4 is 11.7 Å². The lowest BCUT2D eigenvalue weighted by molar-refractivity contribution is 0.0753. The monoisotopic (exact) mass is 225 g/mol. The fourth-order valence-electron chi connectivity index (χ4n) is 1.29. The van der Waals surface area contributed by atoms with Gasteiger partial charge in [-0.3, -0.25) is 4.79 Å². The maximum atomic E-state index is 11.9. The second kappa shape index (κ2) is 5.20. The summed E-state index contributed by atoms with van der Waals surface area (Å²) in [7, 11) is 0. The minimum atomic E-state index is -0.267. The molecule has 3 N–H and O–H groups in total. The first-order valence-corrected chi connectivity index (χ1v) is 4.89. The van der Waals surface area contributed by atoms with Gasteiger partial charge in [-0.25, -0.2) is 0 Å². The molecule has 0 unspecified atom stereocenters. The van der Waals surface area contributed by atoms with Gasteiger partial charge in [0.1, 0.15) is 0 Å². The summed E-state index contributed by atoms with van der Waals surface area (Å²) >= 11 is 0. The van der Waals surface area contributed by atoms with Gasteiger partial charge < -0.3 is 20.3 Å². The summed E-state index contributed by atoms with van der Waals surface area (Å²) < 4.78 is 5.09. The predicted octanol–water partition coefficient (Wildman–Crippen LogP) is 0.797. The van der Waals surface area contributed by atoms with Crippen LogP contribution >= 0.6 is 0 Å². The molecule has 0 saturated carbocycles. The summed E-state index contributed by atoms with van der Waals surface area (Å²) in [5.74, 6) is 0.00333. The molecule has 1 amide bonds. The molecule has 6 heteroatoms. The van der Waals surface area contributed by atoms with Crippen LogP contribution in [0.3, 0.4) is 0 Å². The highest BCUT2D eigenvalue weighted by molar-refractivity contribution is 5.95. The zero-order chi connectivity index (χ0) is 12.1. The first-order valence-electron chi connectivity index (χ1n) is 4.89. The molecule has 1 aromatic heterocycles. The van der Waals surface area contributed by atoms with Crippen LogP contribution in [0.4, 0.5) is 0 Å². The molecule has 16 heavy (non-hydrogen) atoms. The number of carbonyl (C=O) groups is 1. The van der Waals surface area contributed by atoms with E-state index < -0.39 is 0 Å². The molecule has 1 rings (SSSR count). The van der Waals surface area contributed by atoms with Crippen LogP contribution in [0, 0.1) is 6.92 Å². The van der Waals surface area contributed by atoms with Crippen LogP contribution in [-0.4, -0.2) is 34.9 Å². The fraction of sp³-hybridized carbons (Fsp3) is 0.400. The molecule has 0 radical (unpaired) electrons. The topological polar surface area (TPSA) is 92.1 Å². The maximum absolute atomic E-state index is 11.9. The summed E-state index contributed by atoms with van der Waals surface area (Å²) in [5, 5.41) is 11.3. The second-order valence-electron chi connectivity index (χ2n) is 3.34. The molecule has 1 aromatic rings. The molecular formula is C10H15N3O3. The third kappa shape index (κ3) is 2.53. The summed E-state index contributed by atoms with van der Waals surface area (Å²) in [6.45, 7) is 4.12. The van der Waals surface area contributed by atoms with Crippen LogP contribution in [0.5, 0.6) is 0 Å². The molecule has 0 aliphatic carbocycles. The normalized spacial score (nSPS) is 11.5. The van der Waals surface area contributed by atoms with E-state index in [0.717, 1.165) is 5.56 Å². The Morgan fingerprint density at radius 3 is 2.81 bits per heavy atom. The summed E-state index contributed by atoms with van der Waals surface area (Å²) in [6, 6.07) is 1.71. The van der Waals surface area contributed by atoms with Crippen LogP contribution in [0.25, 0.3) is 0 Å². The van der Waals surface area contributed by atoms with Crippen LogP contribution in [0.1, 0.15) is 23.0 Å². The highest BCUT2D eigenvalue weighted by Crippen LogP contribution is 2.11. The van der Waals surface area contributed by atoms with Crippen molar-refractivity contribution in [3.63, 3.8) is 0 Å². The van der Waals surface area contributed by atoms with Gasteiger partial charge >= 0.3 is 0 Å². The lowest BCUT2D eigenvalue weighted by Gasteiger charge is -2.18. The van der Waals surface area contributed by atoms with Crippen molar-refractivity contribution in [2.45, 2.75) is 13.8 Å². The SMILES string of the molecule is CCN(CC(N)=NO)C(=O)c1occc1C. The number of amidine groups is 1.